The molecule has 1 aliphatic heterocycles. The van der Waals surface area contributed by atoms with Gasteiger partial charge in [0.1, 0.15) is 6.61 Å². The molecule has 5 nitrogen and oxygen atoms in total. The van der Waals surface area contributed by atoms with Crippen LogP contribution in [0.15, 0.2) is 35.4 Å². The van der Waals surface area contributed by atoms with E-state index >= 15 is 0 Å². The van der Waals surface area contributed by atoms with Crippen molar-refractivity contribution in [2.24, 2.45) is 28.6 Å². The summed E-state index contributed by atoms with van der Waals surface area (Å²) in [7, 11) is 1.70. The molecular weight excluding hydrogens is 474 g/mol. The van der Waals surface area contributed by atoms with Crippen LogP contribution in [0.25, 0.3) is 6.08 Å². The topological polar surface area (TPSA) is 62.2 Å². The number of ether oxygens (including phenoxy) is 2. The Morgan fingerprint density at radius 1 is 1.03 bits per heavy atom. The minimum atomic E-state index is -0.401. The Morgan fingerprint density at radius 2 is 1.84 bits per heavy atom. The molecule has 0 radical (unpaired) electrons. The number of nitrogens with zero attached hydrogens (tertiary/aromatic N) is 1. The summed E-state index contributed by atoms with van der Waals surface area (Å²) in [4.78, 5) is 2.46. The molecule has 4 aliphatic carbocycles. The summed E-state index contributed by atoms with van der Waals surface area (Å²) in [6, 6.07) is 6.16. The Labute approximate surface area is 228 Å². The maximum atomic E-state index is 11.7. The smallest absolute Gasteiger partial charge is 0.161 e. The lowest BCUT2D eigenvalue weighted by Gasteiger charge is -2.57. The lowest BCUT2D eigenvalue weighted by molar-refractivity contribution is -0.0685. The first-order valence-corrected chi connectivity index (χ1v) is 15.1. The summed E-state index contributed by atoms with van der Waals surface area (Å²) >= 11 is 0. The molecule has 0 aromatic heterocycles. The Kier molecular flexibility index (Phi) is 7.15. The molecule has 1 heterocycles. The molecule has 1 aromatic carbocycles. The Bertz CT molecular complexity index is 1090. The third-order valence-electron chi connectivity index (χ3n) is 11.4. The van der Waals surface area contributed by atoms with Crippen molar-refractivity contribution in [3.63, 3.8) is 0 Å². The molecule has 0 bridgehead atoms. The lowest BCUT2D eigenvalue weighted by atomic mass is 9.48. The second-order valence-corrected chi connectivity index (χ2v) is 13.3. The van der Waals surface area contributed by atoms with Crippen molar-refractivity contribution in [1.82, 2.24) is 4.90 Å². The molecule has 38 heavy (non-hydrogen) atoms. The SMILES string of the molecule is COc1ccc(/C=C2\C[C@H]3[C@@H]4CC=C5C[C@@H](O)CC[C@]5(C)[C@H]4CC[C@]3(C)[C@H]2O)cc1OCCN1CCCC1. The van der Waals surface area contributed by atoms with Crippen LogP contribution in [-0.4, -0.2) is 60.7 Å². The highest BCUT2D eigenvalue weighted by molar-refractivity contribution is 5.60. The number of fused-ring (bicyclic) bond motifs is 5. The monoisotopic (exact) mass is 521 g/mol. The fourth-order valence-corrected chi connectivity index (χ4v) is 9.04. The van der Waals surface area contributed by atoms with Gasteiger partial charge in [0.2, 0.25) is 0 Å². The highest BCUT2D eigenvalue weighted by atomic mass is 16.5. The molecule has 6 rings (SSSR count). The number of benzene rings is 1. The highest BCUT2D eigenvalue weighted by Crippen LogP contribution is 2.65. The summed E-state index contributed by atoms with van der Waals surface area (Å²) < 4.78 is 11.8. The normalized spacial score (nSPS) is 39.9. The van der Waals surface area contributed by atoms with Gasteiger partial charge in [-0.15, -0.1) is 0 Å². The average molecular weight is 522 g/mol. The molecule has 208 valence electrons. The fraction of sp³-hybridized carbons (Fsp3) is 0.697. The Morgan fingerprint density at radius 3 is 2.63 bits per heavy atom. The molecule has 7 atom stereocenters. The molecule has 0 unspecified atom stereocenters. The number of rotatable bonds is 6. The van der Waals surface area contributed by atoms with E-state index in [-0.39, 0.29) is 16.9 Å². The second-order valence-electron chi connectivity index (χ2n) is 13.3. The molecule has 5 aliphatic rings. The van der Waals surface area contributed by atoms with E-state index in [1.807, 2.05) is 6.07 Å². The van der Waals surface area contributed by atoms with Gasteiger partial charge in [0.25, 0.3) is 0 Å². The van der Waals surface area contributed by atoms with Gasteiger partial charge in [-0.3, -0.25) is 4.90 Å². The van der Waals surface area contributed by atoms with E-state index in [4.69, 9.17) is 9.47 Å². The number of hydrogen-bond acceptors (Lipinski definition) is 5. The largest absolute Gasteiger partial charge is 0.493 e. The minimum absolute atomic E-state index is 0.0651. The zero-order valence-corrected chi connectivity index (χ0v) is 23.6. The lowest BCUT2D eigenvalue weighted by Crippen LogP contribution is -2.51. The third-order valence-corrected chi connectivity index (χ3v) is 11.4. The van der Waals surface area contributed by atoms with Gasteiger partial charge in [-0.25, -0.2) is 0 Å². The van der Waals surface area contributed by atoms with E-state index in [9.17, 15) is 10.2 Å². The van der Waals surface area contributed by atoms with E-state index in [1.54, 1.807) is 7.11 Å². The molecular formula is C33H47NO4. The van der Waals surface area contributed by atoms with E-state index in [0.29, 0.717) is 24.4 Å². The van der Waals surface area contributed by atoms with Crippen LogP contribution in [-0.2, 0) is 0 Å². The first kappa shape index (κ1) is 26.4. The van der Waals surface area contributed by atoms with Gasteiger partial charge >= 0.3 is 0 Å². The van der Waals surface area contributed by atoms with Crippen LogP contribution in [0, 0.1) is 28.6 Å². The van der Waals surface area contributed by atoms with Crippen LogP contribution in [0.2, 0.25) is 0 Å². The maximum absolute atomic E-state index is 11.7. The van der Waals surface area contributed by atoms with Crippen LogP contribution < -0.4 is 9.47 Å². The van der Waals surface area contributed by atoms with E-state index in [0.717, 1.165) is 62.1 Å². The van der Waals surface area contributed by atoms with Crippen LogP contribution in [0.1, 0.15) is 77.2 Å². The summed E-state index contributed by atoms with van der Waals surface area (Å²) in [5, 5.41) is 22.0. The Balaban J connectivity index is 1.21. The van der Waals surface area contributed by atoms with Gasteiger partial charge in [-0.05, 0) is 117 Å². The Hall–Kier alpha value is -1.82. The molecule has 3 saturated carbocycles. The van der Waals surface area contributed by atoms with Crippen molar-refractivity contribution in [2.75, 3.05) is 33.4 Å². The molecule has 4 fully saturated rings. The van der Waals surface area contributed by atoms with Crippen molar-refractivity contribution in [2.45, 2.75) is 83.8 Å². The van der Waals surface area contributed by atoms with E-state index in [2.05, 4.69) is 43.0 Å². The number of allylic oxidation sites excluding steroid dienone is 1. The van der Waals surface area contributed by atoms with Gasteiger partial charge < -0.3 is 19.7 Å². The van der Waals surface area contributed by atoms with Crippen LogP contribution in [0.5, 0.6) is 11.5 Å². The molecule has 0 amide bonds. The molecule has 0 spiro atoms. The number of aliphatic hydroxyl groups excluding tert-OH is 2. The second kappa shape index (κ2) is 10.3. The van der Waals surface area contributed by atoms with Crippen molar-refractivity contribution < 1.29 is 19.7 Å². The van der Waals surface area contributed by atoms with Gasteiger partial charge in [0.05, 0.1) is 19.3 Å². The summed E-state index contributed by atoms with van der Waals surface area (Å²) in [6.45, 7) is 8.76. The molecule has 1 saturated heterocycles. The van der Waals surface area contributed by atoms with E-state index in [1.165, 1.54) is 43.5 Å². The predicted octanol–water partition coefficient (Wildman–Crippen LogP) is 5.85. The quantitative estimate of drug-likeness (QED) is 0.460. The van der Waals surface area contributed by atoms with Crippen molar-refractivity contribution in [3.05, 3.63) is 41.0 Å². The number of likely N-dealkylation sites (tertiary alicyclic amines) is 1. The van der Waals surface area contributed by atoms with Crippen LogP contribution >= 0.6 is 0 Å². The van der Waals surface area contributed by atoms with E-state index < -0.39 is 6.10 Å². The zero-order chi connectivity index (χ0) is 26.5. The third kappa shape index (κ3) is 4.53. The molecule has 1 aromatic rings. The van der Waals surface area contributed by atoms with Gasteiger partial charge in [-0.1, -0.05) is 37.6 Å². The molecule has 5 heteroatoms. The van der Waals surface area contributed by atoms with Gasteiger partial charge in [0, 0.05) is 12.0 Å². The fourth-order valence-electron chi connectivity index (χ4n) is 9.04. The number of methoxy groups -OCH3 is 1. The summed E-state index contributed by atoms with van der Waals surface area (Å²) in [5.41, 5.74) is 3.91. The van der Waals surface area contributed by atoms with Gasteiger partial charge in [0.15, 0.2) is 11.5 Å². The average Bonchev–Trinajstić information content (AvgIpc) is 3.51. The predicted molar refractivity (Wildman–Crippen MR) is 151 cm³/mol. The van der Waals surface area contributed by atoms with Crippen molar-refractivity contribution in [1.29, 1.82) is 0 Å². The van der Waals surface area contributed by atoms with Crippen molar-refractivity contribution >= 4 is 6.08 Å². The standard InChI is InChI=1S/C33H47NO4/c1-32-12-10-25(35)21-24(32)7-8-26-27(32)11-13-33(2)28(26)20-23(31(33)36)18-22-6-9-29(37-3)30(19-22)38-17-16-34-14-4-5-15-34/h6-7,9,18-19,25-28,31,35-36H,4-5,8,10-17,20-21H2,1-3H3/b23-18+/t25-,26+,27-,28-,31-,32-,33-/m0/s1. The molecule has 2 N–H and O–H groups in total. The van der Waals surface area contributed by atoms with Gasteiger partial charge in [-0.2, -0.15) is 0 Å². The summed E-state index contributed by atoms with van der Waals surface area (Å²) in [5.74, 6) is 3.32. The van der Waals surface area contributed by atoms with Crippen LogP contribution in [0.3, 0.4) is 0 Å². The minimum Gasteiger partial charge on any atom is -0.493 e. The highest BCUT2D eigenvalue weighted by Gasteiger charge is 2.59. The first-order chi connectivity index (χ1) is 18.3. The van der Waals surface area contributed by atoms with Crippen molar-refractivity contribution in [3.8, 4) is 11.5 Å². The zero-order valence-electron chi connectivity index (χ0n) is 23.6. The first-order valence-electron chi connectivity index (χ1n) is 15.1. The number of aliphatic hydroxyl groups is 2. The number of hydrogen-bond donors (Lipinski definition) is 2. The maximum Gasteiger partial charge on any atom is 0.161 e. The summed E-state index contributed by atoms with van der Waals surface area (Å²) in [6.07, 6.45) is 13.9. The van der Waals surface area contributed by atoms with Crippen LogP contribution in [0.4, 0.5) is 0 Å².